The van der Waals surface area contributed by atoms with E-state index in [4.69, 9.17) is 0 Å². The van der Waals surface area contributed by atoms with Crippen LogP contribution in [-0.2, 0) is 9.59 Å². The summed E-state index contributed by atoms with van der Waals surface area (Å²) in [7, 11) is 3.32. The summed E-state index contributed by atoms with van der Waals surface area (Å²) in [5.41, 5.74) is 1.85. The summed E-state index contributed by atoms with van der Waals surface area (Å²) in [6.45, 7) is 1.76. The Morgan fingerprint density at radius 3 is 2.36 bits per heavy atom. The Labute approximate surface area is 148 Å². The fraction of sp³-hybridized carbons (Fsp3) is 0.316. The number of hydrogen-bond donors (Lipinski definition) is 2. The molecule has 0 radical (unpaired) electrons. The molecule has 132 valence electrons. The molecule has 0 spiro atoms. The molecule has 2 atom stereocenters. The Morgan fingerprint density at radius 1 is 1.08 bits per heavy atom. The van der Waals surface area contributed by atoms with E-state index in [0.29, 0.717) is 0 Å². The molecule has 0 saturated heterocycles. The largest absolute Gasteiger partial charge is 0.347 e. The molecule has 0 aliphatic rings. The van der Waals surface area contributed by atoms with Gasteiger partial charge >= 0.3 is 0 Å². The molecule has 2 N–H and O–H groups in total. The van der Waals surface area contributed by atoms with Gasteiger partial charge in [0.2, 0.25) is 11.8 Å². The summed E-state index contributed by atoms with van der Waals surface area (Å²) in [6, 6.07) is 14.7. The molecule has 0 saturated carbocycles. The average molecular weight is 340 g/mol. The molecule has 2 unspecified atom stereocenters. The van der Waals surface area contributed by atoms with Gasteiger partial charge in [0, 0.05) is 20.3 Å². The average Bonchev–Trinajstić information content (AvgIpc) is 2.63. The molecule has 6 heteroatoms. The van der Waals surface area contributed by atoms with Crippen LogP contribution in [0.15, 0.2) is 54.7 Å². The van der Waals surface area contributed by atoms with Crippen molar-refractivity contribution in [2.75, 3.05) is 20.6 Å². The molecule has 1 aromatic heterocycles. The van der Waals surface area contributed by atoms with Crippen LogP contribution in [0.25, 0.3) is 0 Å². The number of benzene rings is 1. The fourth-order valence-corrected chi connectivity index (χ4v) is 2.52. The summed E-state index contributed by atoms with van der Waals surface area (Å²) in [4.78, 5) is 29.9. The van der Waals surface area contributed by atoms with E-state index >= 15 is 0 Å². The zero-order valence-electron chi connectivity index (χ0n) is 14.8. The number of nitrogens with one attached hydrogen (secondary N) is 2. The minimum atomic E-state index is -0.561. The zero-order valence-corrected chi connectivity index (χ0v) is 14.8. The normalized spacial score (nSPS) is 12.9. The Bertz CT molecular complexity index is 650. The minimum Gasteiger partial charge on any atom is -0.347 e. The maximum atomic E-state index is 12.2. The number of likely N-dealkylation sites (N-methyl/N-ethyl adjacent to an activating group) is 1. The Morgan fingerprint density at radius 2 is 1.76 bits per heavy atom. The van der Waals surface area contributed by atoms with Crippen LogP contribution >= 0.6 is 0 Å². The smallest absolute Gasteiger partial charge is 0.244 e. The van der Waals surface area contributed by atoms with Crippen molar-refractivity contribution in [3.8, 4) is 0 Å². The molecule has 1 aromatic carbocycles. The highest BCUT2D eigenvalue weighted by Crippen LogP contribution is 2.19. The topological polar surface area (TPSA) is 74.3 Å². The van der Waals surface area contributed by atoms with Crippen LogP contribution in [0.2, 0.25) is 0 Å². The Balaban J connectivity index is 2.03. The lowest BCUT2D eigenvalue weighted by Gasteiger charge is -2.21. The molecule has 0 bridgehead atoms. The summed E-state index contributed by atoms with van der Waals surface area (Å²) < 4.78 is 0. The number of nitrogens with zero attached hydrogens (tertiary/aromatic N) is 2. The number of pyridine rings is 1. The first-order valence-corrected chi connectivity index (χ1v) is 8.19. The number of aromatic nitrogens is 1. The molecule has 2 aromatic rings. The molecule has 25 heavy (non-hydrogen) atoms. The van der Waals surface area contributed by atoms with E-state index in [-0.39, 0.29) is 24.4 Å². The predicted molar refractivity (Wildman–Crippen MR) is 96.8 cm³/mol. The van der Waals surface area contributed by atoms with Crippen molar-refractivity contribution in [3.63, 3.8) is 0 Å². The number of hydrogen-bond acceptors (Lipinski definition) is 4. The predicted octanol–water partition coefficient (Wildman–Crippen LogP) is 1.35. The van der Waals surface area contributed by atoms with Crippen molar-refractivity contribution in [1.29, 1.82) is 0 Å². The second kappa shape index (κ2) is 8.94. The third-order valence-corrected chi connectivity index (χ3v) is 3.77. The van der Waals surface area contributed by atoms with Crippen molar-refractivity contribution in [2.24, 2.45) is 0 Å². The highest BCUT2D eigenvalue weighted by atomic mass is 16.2. The SMILES string of the molecule is CC(NC(=O)CNC(c1ccccc1)c1ccccn1)C(=O)N(C)C. The van der Waals surface area contributed by atoms with Gasteiger partial charge in [0.25, 0.3) is 0 Å². The second-order valence-corrected chi connectivity index (χ2v) is 6.00. The first kappa shape index (κ1) is 18.6. The van der Waals surface area contributed by atoms with Crippen LogP contribution in [0.4, 0.5) is 0 Å². The molecular formula is C19H24N4O2. The Kier molecular flexibility index (Phi) is 6.65. The number of carbonyl (C=O) groups is 2. The van der Waals surface area contributed by atoms with Crippen LogP contribution in [0.3, 0.4) is 0 Å². The summed E-state index contributed by atoms with van der Waals surface area (Å²) >= 11 is 0. The van der Waals surface area contributed by atoms with Gasteiger partial charge in [-0.3, -0.25) is 19.9 Å². The molecule has 0 fully saturated rings. The van der Waals surface area contributed by atoms with E-state index in [9.17, 15) is 9.59 Å². The highest BCUT2D eigenvalue weighted by Gasteiger charge is 2.19. The van der Waals surface area contributed by atoms with Crippen LogP contribution < -0.4 is 10.6 Å². The van der Waals surface area contributed by atoms with Gasteiger partial charge in [-0.05, 0) is 24.6 Å². The summed E-state index contributed by atoms with van der Waals surface area (Å²) in [5, 5.41) is 5.93. The van der Waals surface area contributed by atoms with Crippen molar-refractivity contribution in [2.45, 2.75) is 19.0 Å². The maximum absolute atomic E-state index is 12.2. The van der Waals surface area contributed by atoms with Crippen LogP contribution in [0, 0.1) is 0 Å². The molecule has 6 nitrogen and oxygen atoms in total. The molecule has 1 heterocycles. The fourth-order valence-electron chi connectivity index (χ4n) is 2.52. The zero-order chi connectivity index (χ0) is 18.2. The number of amides is 2. The van der Waals surface area contributed by atoms with Crippen molar-refractivity contribution < 1.29 is 9.59 Å². The maximum Gasteiger partial charge on any atom is 0.244 e. The lowest BCUT2D eigenvalue weighted by Crippen LogP contribution is -2.47. The van der Waals surface area contributed by atoms with Gasteiger partial charge in [-0.25, -0.2) is 0 Å². The molecule has 0 aliphatic carbocycles. The minimum absolute atomic E-state index is 0.0845. The van der Waals surface area contributed by atoms with E-state index in [2.05, 4.69) is 15.6 Å². The molecular weight excluding hydrogens is 316 g/mol. The third kappa shape index (κ3) is 5.39. The summed E-state index contributed by atoms with van der Waals surface area (Å²) in [5.74, 6) is -0.378. The van der Waals surface area contributed by atoms with Gasteiger partial charge in [0.1, 0.15) is 6.04 Å². The van der Waals surface area contributed by atoms with E-state index in [1.165, 1.54) is 4.90 Å². The van der Waals surface area contributed by atoms with Gasteiger partial charge in [0.05, 0.1) is 18.3 Å². The second-order valence-electron chi connectivity index (χ2n) is 6.00. The van der Waals surface area contributed by atoms with Crippen LogP contribution in [0.1, 0.15) is 24.2 Å². The lowest BCUT2D eigenvalue weighted by atomic mass is 10.0. The molecule has 2 amide bonds. The van der Waals surface area contributed by atoms with Gasteiger partial charge in [-0.15, -0.1) is 0 Å². The highest BCUT2D eigenvalue weighted by molar-refractivity contribution is 5.87. The number of carbonyl (C=O) groups excluding carboxylic acids is 2. The van der Waals surface area contributed by atoms with Gasteiger partial charge in [-0.2, -0.15) is 0 Å². The number of rotatable bonds is 7. The van der Waals surface area contributed by atoms with Crippen molar-refractivity contribution >= 4 is 11.8 Å². The van der Waals surface area contributed by atoms with Gasteiger partial charge in [0.15, 0.2) is 0 Å². The van der Waals surface area contributed by atoms with Crippen molar-refractivity contribution in [1.82, 2.24) is 20.5 Å². The van der Waals surface area contributed by atoms with E-state index in [0.717, 1.165) is 11.3 Å². The van der Waals surface area contributed by atoms with E-state index in [1.807, 2.05) is 48.5 Å². The standard InChI is InChI=1S/C19H24N4O2/c1-14(19(25)23(2)3)22-17(24)13-21-18(15-9-5-4-6-10-15)16-11-7-8-12-20-16/h4-12,14,18,21H,13H2,1-3H3,(H,22,24). The molecule has 2 rings (SSSR count). The Hall–Kier alpha value is -2.73. The van der Waals surface area contributed by atoms with E-state index < -0.39 is 6.04 Å². The lowest BCUT2D eigenvalue weighted by molar-refractivity contribution is -0.133. The quantitative estimate of drug-likeness (QED) is 0.798. The monoisotopic (exact) mass is 340 g/mol. The van der Waals surface area contributed by atoms with Crippen LogP contribution in [-0.4, -0.2) is 48.4 Å². The first-order chi connectivity index (χ1) is 12.0. The molecule has 0 aliphatic heterocycles. The van der Waals surface area contributed by atoms with Gasteiger partial charge < -0.3 is 10.2 Å². The van der Waals surface area contributed by atoms with Gasteiger partial charge in [-0.1, -0.05) is 36.4 Å². The summed E-state index contributed by atoms with van der Waals surface area (Å²) in [6.07, 6.45) is 1.73. The van der Waals surface area contributed by atoms with E-state index in [1.54, 1.807) is 27.2 Å². The first-order valence-electron chi connectivity index (χ1n) is 8.19. The third-order valence-electron chi connectivity index (χ3n) is 3.77. The van der Waals surface area contributed by atoms with Crippen LogP contribution in [0.5, 0.6) is 0 Å². The van der Waals surface area contributed by atoms with Crippen molar-refractivity contribution in [3.05, 3.63) is 66.0 Å².